The van der Waals surface area contributed by atoms with Crippen LogP contribution in [-0.2, 0) is 4.74 Å². The highest BCUT2D eigenvalue weighted by molar-refractivity contribution is 5.74. The van der Waals surface area contributed by atoms with Gasteiger partial charge in [0.05, 0.1) is 17.1 Å². The van der Waals surface area contributed by atoms with Crippen molar-refractivity contribution >= 4 is 23.0 Å². The maximum Gasteiger partial charge on any atom is 0.334 e. The number of aromatic nitrogens is 1. The first-order chi connectivity index (χ1) is 8.81. The third-order valence-electron chi connectivity index (χ3n) is 2.29. The molecule has 8 heteroatoms. The molecule has 0 aromatic carbocycles. The molecule has 0 aliphatic rings. The lowest BCUT2D eigenvalue weighted by Gasteiger charge is -2.17. The Labute approximate surface area is 111 Å². The van der Waals surface area contributed by atoms with Gasteiger partial charge < -0.3 is 21.5 Å². The summed E-state index contributed by atoms with van der Waals surface area (Å²) in [4.78, 5) is 14.3. The summed E-state index contributed by atoms with van der Waals surface area (Å²) < 4.78 is 5.51. The van der Waals surface area contributed by atoms with Crippen molar-refractivity contribution in [3.05, 3.63) is 16.2 Å². The molecule has 1 rings (SSSR count). The predicted molar refractivity (Wildman–Crippen MR) is 73.9 cm³/mol. The van der Waals surface area contributed by atoms with Gasteiger partial charge in [-0.2, -0.15) is 0 Å². The maximum absolute atomic E-state index is 10.9. The van der Waals surface area contributed by atoms with Crippen molar-refractivity contribution in [1.29, 1.82) is 0 Å². The molecule has 0 aliphatic heterocycles. The van der Waals surface area contributed by atoms with Gasteiger partial charge in [0.15, 0.2) is 0 Å². The van der Waals surface area contributed by atoms with Gasteiger partial charge in [-0.05, 0) is 20.8 Å². The van der Waals surface area contributed by atoms with E-state index in [0.717, 1.165) is 0 Å². The highest BCUT2D eigenvalue weighted by atomic mass is 16.6. The number of nitrogens with zero attached hydrogens (tertiary/aromatic N) is 2. The Bertz CT molecular complexity index is 464. The molecular formula is C11H19N5O3. The van der Waals surface area contributed by atoms with Crippen LogP contribution in [0, 0.1) is 10.1 Å². The molecule has 0 fully saturated rings. The SMILES string of the molecule is CC(C)OC(C)CNc1nc(N)cc(N)c1[N+](=O)[O-]. The minimum Gasteiger partial charge on any atom is -0.393 e. The number of nitrogens with two attached hydrogens (primary N) is 2. The largest absolute Gasteiger partial charge is 0.393 e. The number of nitrogens with one attached hydrogen (secondary N) is 1. The van der Waals surface area contributed by atoms with Gasteiger partial charge in [-0.3, -0.25) is 10.1 Å². The average Bonchev–Trinajstić information content (AvgIpc) is 2.23. The fourth-order valence-corrected chi connectivity index (χ4v) is 1.65. The Morgan fingerprint density at radius 3 is 2.63 bits per heavy atom. The number of nitrogen functional groups attached to an aromatic ring is 2. The predicted octanol–water partition coefficient (Wildman–Crippen LogP) is 1.38. The first-order valence-electron chi connectivity index (χ1n) is 5.91. The summed E-state index contributed by atoms with van der Waals surface area (Å²) in [5, 5.41) is 13.8. The van der Waals surface area contributed by atoms with Gasteiger partial charge in [-0.1, -0.05) is 0 Å². The molecule has 0 saturated carbocycles. The van der Waals surface area contributed by atoms with Crippen molar-refractivity contribution in [2.45, 2.75) is 33.0 Å². The second-order valence-corrected chi connectivity index (χ2v) is 4.47. The minimum absolute atomic E-state index is 0.0163. The fourth-order valence-electron chi connectivity index (χ4n) is 1.65. The average molecular weight is 269 g/mol. The molecular weight excluding hydrogens is 250 g/mol. The standard InChI is InChI=1S/C11H19N5O3/c1-6(2)19-7(3)5-14-11-10(16(17)18)8(12)4-9(13)15-11/h4,6-7H,5H2,1-3H3,(H5,12,13,14,15). The molecule has 0 spiro atoms. The van der Waals surface area contributed by atoms with Gasteiger partial charge in [0.2, 0.25) is 5.82 Å². The van der Waals surface area contributed by atoms with Gasteiger partial charge in [-0.25, -0.2) is 4.98 Å². The molecule has 1 atom stereocenters. The van der Waals surface area contributed by atoms with E-state index >= 15 is 0 Å². The molecule has 19 heavy (non-hydrogen) atoms. The normalized spacial score (nSPS) is 12.4. The van der Waals surface area contributed by atoms with E-state index in [-0.39, 0.29) is 35.2 Å². The molecule has 0 bridgehead atoms. The molecule has 0 saturated heterocycles. The molecule has 1 unspecified atom stereocenters. The lowest BCUT2D eigenvalue weighted by Crippen LogP contribution is -2.24. The monoisotopic (exact) mass is 269 g/mol. The van der Waals surface area contributed by atoms with Crippen LogP contribution in [0.25, 0.3) is 0 Å². The lowest BCUT2D eigenvalue weighted by molar-refractivity contribution is -0.383. The second-order valence-electron chi connectivity index (χ2n) is 4.47. The molecule has 1 aromatic heterocycles. The molecule has 0 amide bonds. The third-order valence-corrected chi connectivity index (χ3v) is 2.29. The van der Waals surface area contributed by atoms with Crippen LogP contribution in [-0.4, -0.2) is 28.7 Å². The van der Waals surface area contributed by atoms with E-state index in [4.69, 9.17) is 16.2 Å². The molecule has 106 valence electrons. The van der Waals surface area contributed by atoms with Crippen LogP contribution in [0.5, 0.6) is 0 Å². The zero-order valence-corrected chi connectivity index (χ0v) is 11.2. The van der Waals surface area contributed by atoms with Crippen LogP contribution >= 0.6 is 0 Å². The van der Waals surface area contributed by atoms with E-state index in [0.29, 0.717) is 6.54 Å². The number of rotatable bonds is 6. The van der Waals surface area contributed by atoms with Gasteiger partial charge >= 0.3 is 5.69 Å². The molecule has 1 aromatic rings. The van der Waals surface area contributed by atoms with Gasteiger partial charge in [0, 0.05) is 12.6 Å². The van der Waals surface area contributed by atoms with E-state index in [1.54, 1.807) is 0 Å². The van der Waals surface area contributed by atoms with Gasteiger partial charge in [0.1, 0.15) is 11.5 Å². The summed E-state index contributed by atoms with van der Waals surface area (Å²) in [5.41, 5.74) is 10.8. The zero-order chi connectivity index (χ0) is 14.6. The van der Waals surface area contributed by atoms with Crippen molar-refractivity contribution in [2.24, 2.45) is 0 Å². The van der Waals surface area contributed by atoms with Crippen LogP contribution in [0.3, 0.4) is 0 Å². The van der Waals surface area contributed by atoms with Crippen molar-refractivity contribution in [3.8, 4) is 0 Å². The van der Waals surface area contributed by atoms with Crippen LogP contribution in [0.2, 0.25) is 0 Å². The number of hydrogen-bond acceptors (Lipinski definition) is 7. The Kier molecular flexibility index (Phi) is 4.87. The highest BCUT2D eigenvalue weighted by Gasteiger charge is 2.21. The van der Waals surface area contributed by atoms with E-state index in [9.17, 15) is 10.1 Å². The number of hydrogen-bond donors (Lipinski definition) is 3. The van der Waals surface area contributed by atoms with Gasteiger partial charge in [-0.15, -0.1) is 0 Å². The number of anilines is 3. The molecule has 0 aliphatic carbocycles. The Hall–Kier alpha value is -2.09. The summed E-state index contributed by atoms with van der Waals surface area (Å²) >= 11 is 0. The topological polar surface area (TPSA) is 129 Å². The molecule has 0 radical (unpaired) electrons. The van der Waals surface area contributed by atoms with E-state index in [2.05, 4.69) is 10.3 Å². The Morgan fingerprint density at radius 2 is 2.11 bits per heavy atom. The molecule has 5 N–H and O–H groups in total. The van der Waals surface area contributed by atoms with Gasteiger partial charge in [0.25, 0.3) is 0 Å². The first kappa shape index (κ1) is 15.0. The summed E-state index contributed by atoms with van der Waals surface area (Å²) in [6.45, 7) is 6.05. The summed E-state index contributed by atoms with van der Waals surface area (Å²) in [6.07, 6.45) is -0.0466. The van der Waals surface area contributed by atoms with E-state index in [1.165, 1.54) is 6.07 Å². The van der Waals surface area contributed by atoms with Crippen LogP contribution in [0.15, 0.2) is 6.07 Å². The number of pyridine rings is 1. The van der Waals surface area contributed by atoms with Crippen LogP contribution < -0.4 is 16.8 Å². The second kappa shape index (κ2) is 6.19. The Balaban J connectivity index is 2.85. The highest BCUT2D eigenvalue weighted by Crippen LogP contribution is 2.30. The van der Waals surface area contributed by atoms with Crippen LogP contribution in [0.1, 0.15) is 20.8 Å². The fraction of sp³-hybridized carbons (Fsp3) is 0.545. The summed E-state index contributed by atoms with van der Waals surface area (Å²) in [5.74, 6) is 0.185. The van der Waals surface area contributed by atoms with Crippen molar-refractivity contribution in [1.82, 2.24) is 4.98 Å². The number of nitro groups is 1. The zero-order valence-electron chi connectivity index (χ0n) is 11.2. The van der Waals surface area contributed by atoms with Crippen molar-refractivity contribution in [2.75, 3.05) is 23.3 Å². The quantitative estimate of drug-likeness (QED) is 0.525. The Morgan fingerprint density at radius 1 is 1.47 bits per heavy atom. The van der Waals surface area contributed by atoms with E-state index in [1.807, 2.05) is 20.8 Å². The van der Waals surface area contributed by atoms with Crippen molar-refractivity contribution < 1.29 is 9.66 Å². The number of ether oxygens (including phenoxy) is 1. The first-order valence-corrected chi connectivity index (χ1v) is 5.91. The van der Waals surface area contributed by atoms with Crippen molar-refractivity contribution in [3.63, 3.8) is 0 Å². The maximum atomic E-state index is 10.9. The lowest BCUT2D eigenvalue weighted by atomic mass is 10.3. The van der Waals surface area contributed by atoms with E-state index < -0.39 is 4.92 Å². The van der Waals surface area contributed by atoms with Crippen LogP contribution in [0.4, 0.5) is 23.0 Å². The smallest absolute Gasteiger partial charge is 0.334 e. The summed E-state index contributed by atoms with van der Waals surface area (Å²) in [7, 11) is 0. The minimum atomic E-state index is -0.585. The molecule has 8 nitrogen and oxygen atoms in total. The third kappa shape index (κ3) is 4.25. The molecule has 1 heterocycles. The summed E-state index contributed by atoms with van der Waals surface area (Å²) in [6, 6.07) is 1.26.